The number of carbonyl (C=O) groups excluding carboxylic acids is 1. The van der Waals surface area contributed by atoms with E-state index in [2.05, 4.69) is 15.5 Å². The Bertz CT molecular complexity index is 868. The highest BCUT2D eigenvalue weighted by molar-refractivity contribution is 5.82. The van der Waals surface area contributed by atoms with Gasteiger partial charge in [0.1, 0.15) is 6.61 Å². The second-order valence-corrected chi connectivity index (χ2v) is 5.92. The minimum absolute atomic E-state index is 0.171. The molecule has 2 heterocycles. The fourth-order valence-corrected chi connectivity index (χ4v) is 2.83. The molecule has 1 aliphatic heterocycles. The molecule has 0 spiro atoms. The largest absolute Gasteiger partial charge is 0.485 e. The lowest BCUT2D eigenvalue weighted by atomic mass is 10.1. The van der Waals surface area contributed by atoms with Gasteiger partial charge in [-0.1, -0.05) is 42.5 Å². The number of amides is 1. The molecule has 0 aliphatic carbocycles. The van der Waals surface area contributed by atoms with Crippen molar-refractivity contribution in [1.82, 2.24) is 20.3 Å². The number of ether oxygens (including phenoxy) is 2. The van der Waals surface area contributed by atoms with Gasteiger partial charge in [0.25, 0.3) is 5.91 Å². The molecule has 2 aromatic carbocycles. The maximum atomic E-state index is 12.8. The Morgan fingerprint density at radius 3 is 2.54 bits per heavy atom. The quantitative estimate of drug-likeness (QED) is 0.761. The summed E-state index contributed by atoms with van der Waals surface area (Å²) < 4.78 is 11.4. The zero-order chi connectivity index (χ0) is 17.8. The van der Waals surface area contributed by atoms with Crippen molar-refractivity contribution in [2.75, 3.05) is 6.61 Å². The van der Waals surface area contributed by atoms with Crippen molar-refractivity contribution in [3.05, 3.63) is 72.6 Å². The van der Waals surface area contributed by atoms with Gasteiger partial charge in [0, 0.05) is 0 Å². The predicted octanol–water partition coefficient (Wildman–Crippen LogP) is 1.98. The number of hydrogen-bond donors (Lipinski definition) is 1. The Labute approximate surface area is 150 Å². The molecule has 4 rings (SSSR count). The van der Waals surface area contributed by atoms with Crippen LogP contribution < -0.4 is 14.8 Å². The number of benzene rings is 2. The van der Waals surface area contributed by atoms with Crippen molar-refractivity contribution in [3.8, 4) is 11.5 Å². The molecule has 1 amide bonds. The molecular weight excluding hydrogens is 332 g/mol. The Hall–Kier alpha value is -3.35. The topological polar surface area (TPSA) is 78.3 Å². The van der Waals surface area contributed by atoms with E-state index in [9.17, 15) is 4.79 Å². The van der Waals surface area contributed by atoms with E-state index >= 15 is 0 Å². The highest BCUT2D eigenvalue weighted by atomic mass is 16.6. The van der Waals surface area contributed by atoms with E-state index in [-0.39, 0.29) is 18.6 Å². The van der Waals surface area contributed by atoms with Gasteiger partial charge in [0.05, 0.1) is 25.0 Å². The van der Waals surface area contributed by atoms with Gasteiger partial charge in [0.15, 0.2) is 11.5 Å². The van der Waals surface area contributed by atoms with E-state index in [1.165, 1.54) is 0 Å². The van der Waals surface area contributed by atoms with Gasteiger partial charge in [-0.05, 0) is 17.7 Å². The van der Waals surface area contributed by atoms with Gasteiger partial charge in [-0.3, -0.25) is 4.79 Å². The van der Waals surface area contributed by atoms with E-state index in [0.717, 1.165) is 5.56 Å². The van der Waals surface area contributed by atoms with E-state index in [1.54, 1.807) is 23.3 Å². The number of hydrogen-bond acceptors (Lipinski definition) is 5. The molecule has 132 valence electrons. The first kappa shape index (κ1) is 16.1. The monoisotopic (exact) mass is 350 g/mol. The summed E-state index contributed by atoms with van der Waals surface area (Å²) in [5.41, 5.74) is 0.968. The molecule has 26 heavy (non-hydrogen) atoms. The highest BCUT2D eigenvalue weighted by Gasteiger charge is 2.29. The first-order chi connectivity index (χ1) is 12.8. The summed E-state index contributed by atoms with van der Waals surface area (Å²) >= 11 is 0. The van der Waals surface area contributed by atoms with E-state index < -0.39 is 6.10 Å². The Morgan fingerprint density at radius 2 is 1.77 bits per heavy atom. The number of aromatic nitrogens is 3. The van der Waals surface area contributed by atoms with Gasteiger partial charge in [-0.2, -0.15) is 15.0 Å². The third kappa shape index (κ3) is 3.51. The maximum absolute atomic E-state index is 12.8. The molecule has 0 saturated heterocycles. The third-order valence-electron chi connectivity index (χ3n) is 4.13. The minimum atomic E-state index is -0.707. The molecule has 1 aliphatic rings. The molecule has 0 saturated carbocycles. The van der Waals surface area contributed by atoms with Crippen LogP contribution in [-0.2, 0) is 11.3 Å². The minimum Gasteiger partial charge on any atom is -0.485 e. The second kappa shape index (κ2) is 7.26. The van der Waals surface area contributed by atoms with Gasteiger partial charge in [-0.15, -0.1) is 0 Å². The summed E-state index contributed by atoms with van der Waals surface area (Å²) in [6.45, 7) is 0.595. The normalized spacial score (nSPS) is 16.7. The molecule has 2 unspecified atom stereocenters. The molecule has 1 N–H and O–H groups in total. The first-order valence-electron chi connectivity index (χ1n) is 8.37. The van der Waals surface area contributed by atoms with Crippen molar-refractivity contribution < 1.29 is 14.3 Å². The second-order valence-electron chi connectivity index (χ2n) is 5.92. The molecular formula is C19H18N4O3. The molecule has 0 fully saturated rings. The SMILES string of the molecule is O=C(NC(Cn1nccn1)c1ccccc1)C1COc2ccccc2O1. The van der Waals surface area contributed by atoms with Gasteiger partial charge in [0.2, 0.25) is 6.10 Å². The summed E-state index contributed by atoms with van der Waals surface area (Å²) in [5.74, 6) is 0.987. The lowest BCUT2D eigenvalue weighted by Gasteiger charge is -2.27. The molecule has 0 bridgehead atoms. The van der Waals surface area contributed by atoms with Crippen LogP contribution in [0.3, 0.4) is 0 Å². The predicted molar refractivity (Wildman–Crippen MR) is 93.7 cm³/mol. The Morgan fingerprint density at radius 1 is 1.08 bits per heavy atom. The summed E-state index contributed by atoms with van der Waals surface area (Å²) in [6, 6.07) is 16.8. The van der Waals surface area contributed by atoms with Crippen LogP contribution in [0.5, 0.6) is 11.5 Å². The average Bonchev–Trinajstić information content (AvgIpc) is 3.21. The molecule has 2 atom stereocenters. The van der Waals surface area contributed by atoms with Crippen LogP contribution >= 0.6 is 0 Å². The van der Waals surface area contributed by atoms with Crippen LogP contribution in [0.15, 0.2) is 67.0 Å². The number of carbonyl (C=O) groups is 1. The summed E-state index contributed by atoms with van der Waals surface area (Å²) in [5, 5.41) is 11.3. The van der Waals surface area contributed by atoms with E-state index in [0.29, 0.717) is 18.0 Å². The number of para-hydroxylation sites is 2. The molecule has 0 radical (unpaired) electrons. The number of nitrogens with zero attached hydrogens (tertiary/aromatic N) is 3. The zero-order valence-electron chi connectivity index (χ0n) is 14.0. The van der Waals surface area contributed by atoms with Crippen LogP contribution in [-0.4, -0.2) is 33.6 Å². The molecule has 1 aromatic heterocycles. The lowest BCUT2D eigenvalue weighted by molar-refractivity contribution is -0.131. The first-order valence-corrected chi connectivity index (χ1v) is 8.37. The van der Waals surface area contributed by atoms with Crippen molar-refractivity contribution in [2.45, 2.75) is 18.7 Å². The molecule has 7 heteroatoms. The summed E-state index contributed by atoms with van der Waals surface area (Å²) in [6.07, 6.45) is 2.51. The van der Waals surface area contributed by atoms with Gasteiger partial charge < -0.3 is 14.8 Å². The number of rotatable bonds is 5. The standard InChI is InChI=1S/C19H18N4O3/c24-19(18-13-25-16-8-4-5-9-17(16)26-18)22-15(12-23-20-10-11-21-23)14-6-2-1-3-7-14/h1-11,15,18H,12-13H2,(H,22,24). The van der Waals surface area contributed by atoms with Crippen LogP contribution in [0.2, 0.25) is 0 Å². The van der Waals surface area contributed by atoms with Crippen molar-refractivity contribution in [1.29, 1.82) is 0 Å². The molecule has 3 aromatic rings. The number of fused-ring (bicyclic) bond motifs is 1. The van der Waals surface area contributed by atoms with Gasteiger partial charge in [-0.25, -0.2) is 0 Å². The lowest BCUT2D eigenvalue weighted by Crippen LogP contribution is -2.46. The zero-order valence-corrected chi connectivity index (χ0v) is 14.0. The fraction of sp³-hybridized carbons (Fsp3) is 0.211. The fourth-order valence-electron chi connectivity index (χ4n) is 2.83. The van der Waals surface area contributed by atoms with E-state index in [4.69, 9.17) is 9.47 Å². The highest BCUT2D eigenvalue weighted by Crippen LogP contribution is 2.31. The van der Waals surface area contributed by atoms with Crippen molar-refractivity contribution in [2.24, 2.45) is 0 Å². The van der Waals surface area contributed by atoms with Crippen molar-refractivity contribution >= 4 is 5.91 Å². The maximum Gasteiger partial charge on any atom is 0.265 e. The molecule has 7 nitrogen and oxygen atoms in total. The van der Waals surface area contributed by atoms with Crippen LogP contribution in [0, 0.1) is 0 Å². The Balaban J connectivity index is 1.49. The summed E-state index contributed by atoms with van der Waals surface area (Å²) in [4.78, 5) is 14.3. The van der Waals surface area contributed by atoms with Crippen LogP contribution in [0.25, 0.3) is 0 Å². The summed E-state index contributed by atoms with van der Waals surface area (Å²) in [7, 11) is 0. The smallest absolute Gasteiger partial charge is 0.265 e. The Kier molecular flexibility index (Phi) is 4.51. The number of nitrogens with one attached hydrogen (secondary N) is 1. The third-order valence-corrected chi connectivity index (χ3v) is 4.13. The van der Waals surface area contributed by atoms with Crippen LogP contribution in [0.4, 0.5) is 0 Å². The average molecular weight is 350 g/mol. The van der Waals surface area contributed by atoms with Crippen LogP contribution in [0.1, 0.15) is 11.6 Å². The van der Waals surface area contributed by atoms with Gasteiger partial charge >= 0.3 is 0 Å². The van der Waals surface area contributed by atoms with E-state index in [1.807, 2.05) is 48.5 Å². The van der Waals surface area contributed by atoms with Crippen molar-refractivity contribution in [3.63, 3.8) is 0 Å².